The third-order valence-electron chi connectivity index (χ3n) is 3.61. The molecule has 1 fully saturated rings. The van der Waals surface area contributed by atoms with Crippen LogP contribution in [0.25, 0.3) is 0 Å². The van der Waals surface area contributed by atoms with Crippen molar-refractivity contribution in [2.75, 3.05) is 13.1 Å². The predicted octanol–water partition coefficient (Wildman–Crippen LogP) is 2.28. The number of nitrogens with one attached hydrogen (secondary N) is 1. The fourth-order valence-corrected chi connectivity index (χ4v) is 2.61. The van der Waals surface area contributed by atoms with Gasteiger partial charge in [0.15, 0.2) is 0 Å². The monoisotopic (exact) mass is 350 g/mol. The van der Waals surface area contributed by atoms with Crippen molar-refractivity contribution in [3.8, 4) is 0 Å². The standard InChI is InChI=1S/C18H26N2O5/c1-18(2,3)25-16(22)19-14-9-15(21)11-20(10-14)17(23)24-12-13-7-5-4-6-8-13/h4-8,14-15,21H,9-12H2,1-3H3,(H,19,22)/t14-,15-/m0/s1. The highest BCUT2D eigenvalue weighted by Gasteiger charge is 2.31. The molecule has 0 unspecified atom stereocenters. The Balaban J connectivity index is 1.86. The molecule has 7 nitrogen and oxygen atoms in total. The Morgan fingerprint density at radius 2 is 1.92 bits per heavy atom. The second kappa shape index (κ2) is 8.20. The van der Waals surface area contributed by atoms with E-state index in [0.29, 0.717) is 6.42 Å². The number of piperidine rings is 1. The fraction of sp³-hybridized carbons (Fsp3) is 0.556. The van der Waals surface area contributed by atoms with Crippen LogP contribution < -0.4 is 5.32 Å². The SMILES string of the molecule is CC(C)(C)OC(=O)N[C@H]1C[C@H](O)CN(C(=O)OCc2ccccc2)C1. The summed E-state index contributed by atoms with van der Waals surface area (Å²) in [5.41, 5.74) is 0.280. The number of β-amino-alcohol motifs (C(OH)–C–C–N with tert-alkyl or cyclic N) is 1. The molecule has 1 aromatic rings. The summed E-state index contributed by atoms with van der Waals surface area (Å²) in [4.78, 5) is 25.5. The molecule has 1 aliphatic heterocycles. The molecular weight excluding hydrogens is 324 g/mol. The summed E-state index contributed by atoms with van der Waals surface area (Å²) >= 11 is 0. The van der Waals surface area contributed by atoms with Gasteiger partial charge in [0, 0.05) is 6.54 Å². The smallest absolute Gasteiger partial charge is 0.410 e. The highest BCUT2D eigenvalue weighted by Crippen LogP contribution is 2.14. The molecule has 7 heteroatoms. The molecule has 1 heterocycles. The van der Waals surface area contributed by atoms with Gasteiger partial charge in [0.25, 0.3) is 0 Å². The van der Waals surface area contributed by atoms with Crippen LogP contribution in [0.15, 0.2) is 30.3 Å². The van der Waals surface area contributed by atoms with Gasteiger partial charge in [-0.05, 0) is 32.8 Å². The molecule has 1 aliphatic rings. The third kappa shape index (κ3) is 6.62. The summed E-state index contributed by atoms with van der Waals surface area (Å²) < 4.78 is 10.5. The molecule has 2 amide bonds. The van der Waals surface area contributed by atoms with E-state index in [-0.39, 0.29) is 25.7 Å². The van der Waals surface area contributed by atoms with E-state index in [1.807, 2.05) is 30.3 Å². The summed E-state index contributed by atoms with van der Waals surface area (Å²) in [5, 5.41) is 12.7. The Morgan fingerprint density at radius 1 is 1.24 bits per heavy atom. The first-order valence-electron chi connectivity index (χ1n) is 8.36. The number of carbonyl (C=O) groups is 2. The predicted molar refractivity (Wildman–Crippen MR) is 92.0 cm³/mol. The average molecular weight is 350 g/mol. The Morgan fingerprint density at radius 3 is 2.56 bits per heavy atom. The topological polar surface area (TPSA) is 88.1 Å². The van der Waals surface area contributed by atoms with Gasteiger partial charge in [0.2, 0.25) is 0 Å². The number of ether oxygens (including phenoxy) is 2. The van der Waals surface area contributed by atoms with E-state index < -0.39 is 23.9 Å². The van der Waals surface area contributed by atoms with Gasteiger partial charge < -0.3 is 24.8 Å². The minimum Gasteiger partial charge on any atom is -0.445 e. The molecule has 0 radical (unpaired) electrons. The zero-order chi connectivity index (χ0) is 18.4. The number of amides is 2. The van der Waals surface area contributed by atoms with Crippen LogP contribution in [0.4, 0.5) is 9.59 Å². The summed E-state index contributed by atoms with van der Waals surface area (Å²) in [5.74, 6) is 0. The summed E-state index contributed by atoms with van der Waals surface area (Å²) in [6.07, 6.45) is -1.44. The van der Waals surface area contributed by atoms with E-state index in [9.17, 15) is 14.7 Å². The number of aliphatic hydroxyl groups excluding tert-OH is 1. The van der Waals surface area contributed by atoms with E-state index >= 15 is 0 Å². The molecule has 25 heavy (non-hydrogen) atoms. The van der Waals surface area contributed by atoms with Crippen LogP contribution in [-0.4, -0.2) is 53.0 Å². The lowest BCUT2D eigenvalue weighted by Gasteiger charge is -2.35. The van der Waals surface area contributed by atoms with Crippen molar-refractivity contribution in [2.45, 2.75) is 51.5 Å². The van der Waals surface area contributed by atoms with Crippen LogP contribution in [0.5, 0.6) is 0 Å². The lowest BCUT2D eigenvalue weighted by Crippen LogP contribution is -2.54. The lowest BCUT2D eigenvalue weighted by atomic mass is 10.0. The maximum absolute atomic E-state index is 12.2. The van der Waals surface area contributed by atoms with Gasteiger partial charge in [-0.15, -0.1) is 0 Å². The van der Waals surface area contributed by atoms with Gasteiger partial charge in [-0.3, -0.25) is 0 Å². The molecule has 138 valence electrons. The largest absolute Gasteiger partial charge is 0.445 e. The van der Waals surface area contributed by atoms with Gasteiger partial charge in [-0.25, -0.2) is 9.59 Å². The quantitative estimate of drug-likeness (QED) is 0.873. The van der Waals surface area contributed by atoms with Crippen molar-refractivity contribution in [3.05, 3.63) is 35.9 Å². The molecule has 1 aromatic carbocycles. The second-order valence-corrected chi connectivity index (χ2v) is 7.18. The van der Waals surface area contributed by atoms with Crippen molar-refractivity contribution < 1.29 is 24.2 Å². The molecule has 0 aliphatic carbocycles. The molecule has 0 saturated carbocycles. The Bertz CT molecular complexity index is 585. The average Bonchev–Trinajstić information content (AvgIpc) is 2.51. The molecule has 0 spiro atoms. The highest BCUT2D eigenvalue weighted by atomic mass is 16.6. The van der Waals surface area contributed by atoms with E-state index in [1.165, 1.54) is 4.90 Å². The number of alkyl carbamates (subject to hydrolysis) is 1. The first kappa shape index (κ1) is 19.1. The van der Waals surface area contributed by atoms with Crippen LogP contribution in [0.2, 0.25) is 0 Å². The number of nitrogens with zero attached hydrogens (tertiary/aromatic N) is 1. The number of hydrogen-bond acceptors (Lipinski definition) is 5. The normalized spacial score (nSPS) is 20.7. The summed E-state index contributed by atoms with van der Waals surface area (Å²) in [7, 11) is 0. The van der Waals surface area contributed by atoms with Crippen LogP contribution >= 0.6 is 0 Å². The third-order valence-corrected chi connectivity index (χ3v) is 3.61. The zero-order valence-corrected chi connectivity index (χ0v) is 14.9. The van der Waals surface area contributed by atoms with Crippen molar-refractivity contribution in [1.82, 2.24) is 10.2 Å². The first-order chi connectivity index (χ1) is 11.7. The highest BCUT2D eigenvalue weighted by molar-refractivity contribution is 5.69. The van der Waals surface area contributed by atoms with E-state index in [2.05, 4.69) is 5.32 Å². The Labute approximate surface area is 147 Å². The zero-order valence-electron chi connectivity index (χ0n) is 14.9. The molecule has 0 bridgehead atoms. The van der Waals surface area contributed by atoms with E-state index in [0.717, 1.165) is 5.56 Å². The van der Waals surface area contributed by atoms with Crippen molar-refractivity contribution in [1.29, 1.82) is 0 Å². The van der Waals surface area contributed by atoms with Gasteiger partial charge in [0.05, 0.1) is 18.7 Å². The van der Waals surface area contributed by atoms with E-state index in [1.54, 1.807) is 20.8 Å². The second-order valence-electron chi connectivity index (χ2n) is 7.18. The maximum Gasteiger partial charge on any atom is 0.410 e. The van der Waals surface area contributed by atoms with Crippen LogP contribution in [-0.2, 0) is 16.1 Å². The van der Waals surface area contributed by atoms with Gasteiger partial charge in [-0.1, -0.05) is 30.3 Å². The van der Waals surface area contributed by atoms with Crippen molar-refractivity contribution in [3.63, 3.8) is 0 Å². The number of hydrogen-bond donors (Lipinski definition) is 2. The summed E-state index contributed by atoms with van der Waals surface area (Å²) in [6.45, 7) is 5.93. The van der Waals surface area contributed by atoms with E-state index in [4.69, 9.17) is 9.47 Å². The summed E-state index contributed by atoms with van der Waals surface area (Å²) in [6, 6.07) is 8.97. The minimum atomic E-state index is -0.724. The molecule has 1 saturated heterocycles. The number of benzene rings is 1. The number of rotatable bonds is 3. The number of carbonyl (C=O) groups excluding carboxylic acids is 2. The molecule has 2 rings (SSSR count). The molecule has 2 N–H and O–H groups in total. The number of likely N-dealkylation sites (tertiary alicyclic amines) is 1. The first-order valence-corrected chi connectivity index (χ1v) is 8.36. The van der Waals surface area contributed by atoms with Gasteiger partial charge >= 0.3 is 12.2 Å². The van der Waals surface area contributed by atoms with Crippen LogP contribution in [0, 0.1) is 0 Å². The van der Waals surface area contributed by atoms with Crippen LogP contribution in [0.1, 0.15) is 32.8 Å². The van der Waals surface area contributed by atoms with Gasteiger partial charge in [0.1, 0.15) is 12.2 Å². The van der Waals surface area contributed by atoms with Crippen molar-refractivity contribution in [2.24, 2.45) is 0 Å². The van der Waals surface area contributed by atoms with Crippen molar-refractivity contribution >= 4 is 12.2 Å². The molecular formula is C18H26N2O5. The molecule has 0 aromatic heterocycles. The maximum atomic E-state index is 12.2. The minimum absolute atomic E-state index is 0.163. The van der Waals surface area contributed by atoms with Gasteiger partial charge in [-0.2, -0.15) is 0 Å². The number of aliphatic hydroxyl groups is 1. The van der Waals surface area contributed by atoms with Crippen LogP contribution in [0.3, 0.4) is 0 Å². The Kier molecular flexibility index (Phi) is 6.25. The Hall–Kier alpha value is -2.28. The lowest BCUT2D eigenvalue weighted by molar-refractivity contribution is 0.0234. The fourth-order valence-electron chi connectivity index (χ4n) is 2.61. The molecule has 2 atom stereocenters.